The van der Waals surface area contributed by atoms with Gasteiger partial charge in [0.05, 0.1) is 19.1 Å². The molecule has 1 atom stereocenters. The Kier molecular flexibility index (Phi) is 7.90. The Balaban J connectivity index is 1.55. The minimum atomic E-state index is -0.365. The third kappa shape index (κ3) is 7.35. The van der Waals surface area contributed by atoms with Crippen LogP contribution in [-0.2, 0) is 16.0 Å². The van der Waals surface area contributed by atoms with Crippen molar-refractivity contribution in [1.82, 2.24) is 10.2 Å². The summed E-state index contributed by atoms with van der Waals surface area (Å²) < 4.78 is 13.0. The van der Waals surface area contributed by atoms with E-state index in [0.29, 0.717) is 12.1 Å². The van der Waals surface area contributed by atoms with Gasteiger partial charge in [0.1, 0.15) is 5.82 Å². The maximum Gasteiger partial charge on any atom is 0.238 e. The van der Waals surface area contributed by atoms with Gasteiger partial charge in [-0.1, -0.05) is 60.7 Å². The SMILES string of the molecule is CN(CC(=O)Nc1ccc(F)cc1)CC(=O)N[C@@H](Cc1ccccc1)c1ccccc1. The zero-order valence-corrected chi connectivity index (χ0v) is 17.4. The number of amides is 2. The first-order valence-corrected chi connectivity index (χ1v) is 10.1. The van der Waals surface area contributed by atoms with Crippen molar-refractivity contribution >= 4 is 17.5 Å². The summed E-state index contributed by atoms with van der Waals surface area (Å²) in [5, 5.41) is 5.78. The van der Waals surface area contributed by atoms with Gasteiger partial charge in [0, 0.05) is 5.69 Å². The number of likely N-dealkylation sites (N-methyl/N-ethyl adjacent to an activating group) is 1. The van der Waals surface area contributed by atoms with Gasteiger partial charge in [0.25, 0.3) is 0 Å². The first-order chi connectivity index (χ1) is 15.0. The quantitative estimate of drug-likeness (QED) is 0.555. The predicted molar refractivity (Wildman–Crippen MR) is 120 cm³/mol. The van der Waals surface area contributed by atoms with Crippen LogP contribution in [-0.4, -0.2) is 36.9 Å². The van der Waals surface area contributed by atoms with Crippen LogP contribution >= 0.6 is 0 Å². The fourth-order valence-electron chi connectivity index (χ4n) is 3.31. The van der Waals surface area contributed by atoms with Crippen molar-refractivity contribution in [2.24, 2.45) is 0 Å². The molecule has 2 amide bonds. The Morgan fingerprint density at radius 3 is 2.06 bits per heavy atom. The lowest BCUT2D eigenvalue weighted by atomic mass is 9.99. The van der Waals surface area contributed by atoms with Gasteiger partial charge in [0.2, 0.25) is 11.8 Å². The first kappa shape index (κ1) is 22.2. The number of hydrogen-bond acceptors (Lipinski definition) is 3. The van der Waals surface area contributed by atoms with Crippen molar-refractivity contribution in [2.75, 3.05) is 25.5 Å². The Hall–Kier alpha value is -3.51. The molecule has 0 aliphatic carbocycles. The number of carbonyl (C=O) groups is 2. The van der Waals surface area contributed by atoms with Crippen molar-refractivity contribution in [2.45, 2.75) is 12.5 Å². The van der Waals surface area contributed by atoms with Crippen molar-refractivity contribution < 1.29 is 14.0 Å². The molecule has 0 aliphatic rings. The third-order valence-electron chi connectivity index (χ3n) is 4.77. The highest BCUT2D eigenvalue weighted by atomic mass is 19.1. The van der Waals surface area contributed by atoms with Crippen LogP contribution in [0.3, 0.4) is 0 Å². The Labute approximate surface area is 181 Å². The highest BCUT2D eigenvalue weighted by Crippen LogP contribution is 2.18. The van der Waals surface area contributed by atoms with Gasteiger partial charge in [0.15, 0.2) is 0 Å². The molecule has 160 valence electrons. The number of carbonyl (C=O) groups excluding carboxylic acids is 2. The smallest absolute Gasteiger partial charge is 0.238 e. The van der Waals surface area contributed by atoms with Crippen LogP contribution in [0.15, 0.2) is 84.9 Å². The van der Waals surface area contributed by atoms with E-state index in [4.69, 9.17) is 0 Å². The summed E-state index contributed by atoms with van der Waals surface area (Å²) in [6.45, 7) is 0.119. The molecule has 6 heteroatoms. The fraction of sp³-hybridized carbons (Fsp3) is 0.200. The molecule has 0 aromatic heterocycles. The molecule has 0 saturated carbocycles. The minimum Gasteiger partial charge on any atom is -0.348 e. The summed E-state index contributed by atoms with van der Waals surface area (Å²) in [5.74, 6) is -0.803. The van der Waals surface area contributed by atoms with Gasteiger partial charge in [-0.3, -0.25) is 14.5 Å². The van der Waals surface area contributed by atoms with E-state index in [1.165, 1.54) is 24.3 Å². The summed E-state index contributed by atoms with van der Waals surface area (Å²) in [6, 6.07) is 25.2. The maximum atomic E-state index is 13.0. The molecule has 0 spiro atoms. The van der Waals surface area contributed by atoms with E-state index < -0.39 is 0 Å². The van der Waals surface area contributed by atoms with Gasteiger partial charge >= 0.3 is 0 Å². The summed E-state index contributed by atoms with van der Waals surface area (Å²) >= 11 is 0. The van der Waals surface area contributed by atoms with Crippen LogP contribution in [0.1, 0.15) is 17.2 Å². The third-order valence-corrected chi connectivity index (χ3v) is 4.77. The molecule has 31 heavy (non-hydrogen) atoms. The number of anilines is 1. The van der Waals surface area contributed by atoms with Crippen LogP contribution in [0.25, 0.3) is 0 Å². The van der Waals surface area contributed by atoms with Gasteiger partial charge < -0.3 is 10.6 Å². The molecule has 0 radical (unpaired) electrons. The summed E-state index contributed by atoms with van der Waals surface area (Å²) in [6.07, 6.45) is 0.672. The number of rotatable bonds is 9. The summed E-state index contributed by atoms with van der Waals surface area (Å²) in [5.41, 5.74) is 2.66. The molecule has 0 aliphatic heterocycles. The highest BCUT2D eigenvalue weighted by molar-refractivity contribution is 5.92. The van der Waals surface area contributed by atoms with E-state index in [1.807, 2.05) is 60.7 Å². The topological polar surface area (TPSA) is 61.4 Å². The second kappa shape index (κ2) is 11.0. The van der Waals surface area contributed by atoms with Crippen molar-refractivity contribution in [1.29, 1.82) is 0 Å². The molecule has 3 aromatic carbocycles. The fourth-order valence-corrected chi connectivity index (χ4v) is 3.31. The second-order valence-corrected chi connectivity index (χ2v) is 7.45. The average Bonchev–Trinajstić information content (AvgIpc) is 2.76. The Bertz CT molecular complexity index is 979. The minimum absolute atomic E-state index is 0.0412. The molecule has 0 heterocycles. The van der Waals surface area contributed by atoms with E-state index >= 15 is 0 Å². The van der Waals surface area contributed by atoms with Crippen LogP contribution in [0, 0.1) is 5.82 Å². The van der Waals surface area contributed by atoms with Crippen LogP contribution in [0.5, 0.6) is 0 Å². The van der Waals surface area contributed by atoms with Crippen molar-refractivity contribution in [3.63, 3.8) is 0 Å². The molecule has 2 N–H and O–H groups in total. The van der Waals surface area contributed by atoms with Gasteiger partial charge in [-0.2, -0.15) is 0 Å². The number of nitrogens with zero attached hydrogens (tertiary/aromatic N) is 1. The molecular formula is C25H26FN3O2. The summed E-state index contributed by atoms with van der Waals surface area (Å²) in [7, 11) is 1.71. The second-order valence-electron chi connectivity index (χ2n) is 7.45. The van der Waals surface area contributed by atoms with E-state index in [1.54, 1.807) is 11.9 Å². The van der Waals surface area contributed by atoms with Gasteiger partial charge in [-0.15, -0.1) is 0 Å². The maximum absolute atomic E-state index is 13.0. The molecule has 5 nitrogen and oxygen atoms in total. The molecule has 0 saturated heterocycles. The van der Waals surface area contributed by atoms with Crippen LogP contribution < -0.4 is 10.6 Å². The molecule has 3 rings (SSSR count). The number of hydrogen-bond donors (Lipinski definition) is 2. The molecule has 0 unspecified atom stereocenters. The summed E-state index contributed by atoms with van der Waals surface area (Å²) in [4.78, 5) is 26.5. The average molecular weight is 420 g/mol. The molecule has 0 bridgehead atoms. The molecule has 3 aromatic rings. The lowest BCUT2D eigenvalue weighted by molar-refractivity contribution is -0.123. The highest BCUT2D eigenvalue weighted by Gasteiger charge is 2.17. The number of benzene rings is 3. The van der Waals surface area contributed by atoms with E-state index in [-0.39, 0.29) is 36.8 Å². The largest absolute Gasteiger partial charge is 0.348 e. The number of halogens is 1. The van der Waals surface area contributed by atoms with Gasteiger partial charge in [-0.25, -0.2) is 4.39 Å². The van der Waals surface area contributed by atoms with E-state index in [9.17, 15) is 14.0 Å². The van der Waals surface area contributed by atoms with Crippen molar-refractivity contribution in [3.8, 4) is 0 Å². The Morgan fingerprint density at radius 2 is 1.42 bits per heavy atom. The Morgan fingerprint density at radius 1 is 0.839 bits per heavy atom. The van der Waals surface area contributed by atoms with Crippen molar-refractivity contribution in [3.05, 3.63) is 102 Å². The monoisotopic (exact) mass is 419 g/mol. The van der Waals surface area contributed by atoms with Crippen LogP contribution in [0.4, 0.5) is 10.1 Å². The molecular weight excluding hydrogens is 393 g/mol. The zero-order chi connectivity index (χ0) is 22.1. The van der Waals surface area contributed by atoms with E-state index in [0.717, 1.165) is 11.1 Å². The lowest BCUT2D eigenvalue weighted by Gasteiger charge is -2.22. The van der Waals surface area contributed by atoms with Gasteiger partial charge in [-0.05, 0) is 48.9 Å². The molecule has 0 fully saturated rings. The van der Waals surface area contributed by atoms with E-state index in [2.05, 4.69) is 10.6 Å². The van der Waals surface area contributed by atoms with Crippen LogP contribution in [0.2, 0.25) is 0 Å². The number of nitrogens with one attached hydrogen (secondary N) is 2. The predicted octanol–water partition coefficient (Wildman–Crippen LogP) is 3.80. The normalized spacial score (nSPS) is 11.7. The lowest BCUT2D eigenvalue weighted by Crippen LogP contribution is -2.40. The zero-order valence-electron chi connectivity index (χ0n) is 17.4. The standard InChI is InChI=1S/C25H26FN3O2/c1-29(17-24(30)27-22-14-12-21(26)13-15-22)18-25(31)28-23(20-10-6-3-7-11-20)16-19-8-4-2-5-9-19/h2-15,23H,16-18H2,1H3,(H,27,30)(H,28,31)/t23-/m0/s1. The first-order valence-electron chi connectivity index (χ1n) is 10.1.